The Labute approximate surface area is 115 Å². The highest BCUT2D eigenvalue weighted by Crippen LogP contribution is 2.45. The molecule has 0 spiro atoms. The van der Waals surface area contributed by atoms with E-state index in [9.17, 15) is 9.59 Å². The third-order valence-electron chi connectivity index (χ3n) is 5.50. The van der Waals surface area contributed by atoms with E-state index in [1.165, 1.54) is 6.42 Å². The van der Waals surface area contributed by atoms with Crippen LogP contribution in [0, 0.1) is 0 Å². The summed E-state index contributed by atoms with van der Waals surface area (Å²) in [5.74, 6) is 0.426. The Morgan fingerprint density at radius 2 is 1.89 bits per heavy atom. The summed E-state index contributed by atoms with van der Waals surface area (Å²) in [5.41, 5.74) is -0.0118. The second-order valence-electron chi connectivity index (χ2n) is 6.25. The summed E-state index contributed by atoms with van der Waals surface area (Å²) in [5, 5.41) is 0. The van der Waals surface area contributed by atoms with Gasteiger partial charge < -0.3 is 9.80 Å². The van der Waals surface area contributed by atoms with Crippen LogP contribution in [0.25, 0.3) is 0 Å². The van der Waals surface area contributed by atoms with Crippen LogP contribution in [-0.4, -0.2) is 45.8 Å². The van der Waals surface area contributed by atoms with Crippen molar-refractivity contribution in [3.63, 3.8) is 0 Å². The summed E-state index contributed by atoms with van der Waals surface area (Å²) in [4.78, 5) is 29.3. The maximum absolute atomic E-state index is 12.9. The van der Waals surface area contributed by atoms with Crippen molar-refractivity contribution in [3.05, 3.63) is 0 Å². The van der Waals surface area contributed by atoms with E-state index >= 15 is 0 Å². The lowest BCUT2D eigenvalue weighted by molar-refractivity contribution is -0.172. The predicted molar refractivity (Wildman–Crippen MR) is 72.5 cm³/mol. The number of piperazine rings is 1. The fraction of sp³-hybridized carbons (Fsp3) is 0.867. The lowest BCUT2D eigenvalue weighted by atomic mass is 9.71. The topological polar surface area (TPSA) is 40.6 Å². The first kappa shape index (κ1) is 12.9. The number of fused-ring (bicyclic) bond motifs is 1. The molecule has 0 bridgehead atoms. The van der Waals surface area contributed by atoms with E-state index in [4.69, 9.17) is 0 Å². The Morgan fingerprint density at radius 3 is 2.42 bits per heavy atom. The van der Waals surface area contributed by atoms with Gasteiger partial charge in [0.1, 0.15) is 12.1 Å². The molecule has 2 heterocycles. The van der Waals surface area contributed by atoms with E-state index in [0.717, 1.165) is 45.1 Å². The first-order valence-electron chi connectivity index (χ1n) is 7.78. The molecule has 2 atom stereocenters. The van der Waals surface area contributed by atoms with Gasteiger partial charge in [0.25, 0.3) is 0 Å². The van der Waals surface area contributed by atoms with Crippen molar-refractivity contribution < 1.29 is 9.59 Å². The molecule has 2 unspecified atom stereocenters. The maximum Gasteiger partial charge on any atom is 0.246 e. The standard InChI is InChI=1S/C15H24N2O2/c1-3-11-13(18)16-10-5-7-12(16)14(19)17(11)15(4-2)8-6-9-15/h11-12H,3-10H2,1-2H3. The zero-order valence-electron chi connectivity index (χ0n) is 12.0. The van der Waals surface area contributed by atoms with Crippen LogP contribution in [0.5, 0.6) is 0 Å². The van der Waals surface area contributed by atoms with Gasteiger partial charge in [0.2, 0.25) is 11.8 Å². The Bertz CT molecular complexity index is 397. The van der Waals surface area contributed by atoms with Crippen molar-refractivity contribution in [2.45, 2.75) is 76.4 Å². The van der Waals surface area contributed by atoms with Crippen LogP contribution in [0.3, 0.4) is 0 Å². The highest BCUT2D eigenvalue weighted by molar-refractivity contribution is 5.98. The molecule has 2 saturated heterocycles. The highest BCUT2D eigenvalue weighted by atomic mass is 16.2. The predicted octanol–water partition coefficient (Wildman–Crippen LogP) is 1.93. The number of carbonyl (C=O) groups is 2. The monoisotopic (exact) mass is 264 g/mol. The molecule has 2 amide bonds. The van der Waals surface area contributed by atoms with Crippen molar-refractivity contribution in [1.82, 2.24) is 9.80 Å². The third-order valence-corrected chi connectivity index (χ3v) is 5.50. The Kier molecular flexibility index (Phi) is 3.06. The molecule has 106 valence electrons. The molecule has 1 saturated carbocycles. The normalized spacial score (nSPS) is 33.4. The van der Waals surface area contributed by atoms with E-state index in [-0.39, 0.29) is 29.4 Å². The number of nitrogens with zero attached hydrogens (tertiary/aromatic N) is 2. The minimum atomic E-state index is -0.206. The van der Waals surface area contributed by atoms with E-state index in [1.807, 2.05) is 16.7 Å². The molecular weight excluding hydrogens is 240 g/mol. The Morgan fingerprint density at radius 1 is 1.16 bits per heavy atom. The van der Waals surface area contributed by atoms with Crippen LogP contribution in [0.1, 0.15) is 58.8 Å². The minimum Gasteiger partial charge on any atom is -0.329 e. The van der Waals surface area contributed by atoms with Gasteiger partial charge in [0.05, 0.1) is 0 Å². The number of carbonyl (C=O) groups excluding carboxylic acids is 2. The van der Waals surface area contributed by atoms with Gasteiger partial charge in [0, 0.05) is 12.1 Å². The second kappa shape index (κ2) is 4.50. The van der Waals surface area contributed by atoms with Gasteiger partial charge in [-0.2, -0.15) is 0 Å². The maximum atomic E-state index is 12.9. The largest absolute Gasteiger partial charge is 0.329 e. The molecule has 0 N–H and O–H groups in total. The SMILES string of the molecule is CCC1C(=O)N2CCCC2C(=O)N1C1(CC)CCC1. The van der Waals surface area contributed by atoms with Gasteiger partial charge in [-0.25, -0.2) is 0 Å². The molecule has 4 nitrogen and oxygen atoms in total. The Balaban J connectivity index is 1.96. The van der Waals surface area contributed by atoms with Gasteiger partial charge in [-0.1, -0.05) is 13.8 Å². The molecule has 0 aromatic carbocycles. The lowest BCUT2D eigenvalue weighted by Crippen LogP contribution is -2.70. The van der Waals surface area contributed by atoms with Crippen molar-refractivity contribution in [2.75, 3.05) is 6.54 Å². The average molecular weight is 264 g/mol. The van der Waals surface area contributed by atoms with Crippen LogP contribution in [0.15, 0.2) is 0 Å². The molecule has 19 heavy (non-hydrogen) atoms. The first-order chi connectivity index (χ1) is 9.14. The molecule has 0 aromatic rings. The lowest BCUT2D eigenvalue weighted by Gasteiger charge is -2.56. The Hall–Kier alpha value is -1.06. The van der Waals surface area contributed by atoms with Crippen LogP contribution in [0.4, 0.5) is 0 Å². The summed E-state index contributed by atoms with van der Waals surface area (Å²) >= 11 is 0. The van der Waals surface area contributed by atoms with Gasteiger partial charge in [-0.15, -0.1) is 0 Å². The van der Waals surface area contributed by atoms with E-state index in [1.54, 1.807) is 0 Å². The fourth-order valence-corrected chi connectivity index (χ4v) is 4.17. The van der Waals surface area contributed by atoms with E-state index in [2.05, 4.69) is 6.92 Å². The van der Waals surface area contributed by atoms with Crippen molar-refractivity contribution >= 4 is 11.8 Å². The average Bonchev–Trinajstić information content (AvgIpc) is 2.84. The quantitative estimate of drug-likeness (QED) is 0.781. The van der Waals surface area contributed by atoms with Crippen LogP contribution >= 0.6 is 0 Å². The third kappa shape index (κ3) is 1.65. The molecule has 0 aromatic heterocycles. The second-order valence-corrected chi connectivity index (χ2v) is 6.25. The van der Waals surface area contributed by atoms with Gasteiger partial charge in [-0.05, 0) is 44.9 Å². The van der Waals surface area contributed by atoms with Gasteiger partial charge in [-0.3, -0.25) is 9.59 Å². The summed E-state index contributed by atoms with van der Waals surface area (Å²) in [6.07, 6.45) is 6.90. The molecule has 0 radical (unpaired) electrons. The summed E-state index contributed by atoms with van der Waals surface area (Å²) in [7, 11) is 0. The fourth-order valence-electron chi connectivity index (χ4n) is 4.17. The molecule has 3 aliphatic rings. The zero-order valence-corrected chi connectivity index (χ0v) is 12.0. The molecule has 3 fully saturated rings. The van der Waals surface area contributed by atoms with Gasteiger partial charge in [0.15, 0.2) is 0 Å². The first-order valence-corrected chi connectivity index (χ1v) is 7.78. The van der Waals surface area contributed by atoms with Crippen molar-refractivity contribution in [3.8, 4) is 0 Å². The summed E-state index contributed by atoms with van der Waals surface area (Å²) in [6.45, 7) is 4.96. The van der Waals surface area contributed by atoms with Crippen LogP contribution < -0.4 is 0 Å². The number of rotatable bonds is 3. The molecule has 3 rings (SSSR count). The minimum absolute atomic E-state index is 0.0118. The molecule has 2 aliphatic heterocycles. The number of hydrogen-bond donors (Lipinski definition) is 0. The van der Waals surface area contributed by atoms with Gasteiger partial charge >= 0.3 is 0 Å². The van der Waals surface area contributed by atoms with E-state index in [0.29, 0.717) is 0 Å². The smallest absolute Gasteiger partial charge is 0.246 e. The van der Waals surface area contributed by atoms with Crippen molar-refractivity contribution in [2.24, 2.45) is 0 Å². The summed E-state index contributed by atoms with van der Waals surface area (Å²) in [6, 6.07) is -0.360. The van der Waals surface area contributed by atoms with Crippen LogP contribution in [0.2, 0.25) is 0 Å². The molecule has 4 heteroatoms. The van der Waals surface area contributed by atoms with Crippen molar-refractivity contribution in [1.29, 1.82) is 0 Å². The van der Waals surface area contributed by atoms with E-state index < -0.39 is 0 Å². The molecule has 1 aliphatic carbocycles. The number of hydrogen-bond acceptors (Lipinski definition) is 2. The number of amides is 2. The zero-order chi connectivity index (χ0) is 13.6. The summed E-state index contributed by atoms with van der Waals surface area (Å²) < 4.78 is 0. The highest BCUT2D eigenvalue weighted by Gasteiger charge is 2.55. The van der Waals surface area contributed by atoms with Crippen LogP contribution in [-0.2, 0) is 9.59 Å². The molecular formula is C15H24N2O2.